The fraction of sp³-hybridized carbons (Fsp3) is 0.706. The molecule has 0 aliphatic carbocycles. The zero-order valence-corrected chi connectivity index (χ0v) is 15.0. The van der Waals surface area contributed by atoms with Crippen molar-refractivity contribution >= 4 is 17.3 Å². The van der Waals surface area contributed by atoms with Gasteiger partial charge in [0, 0.05) is 35.4 Å². The van der Waals surface area contributed by atoms with Crippen LogP contribution in [0.4, 0.5) is 0 Å². The molecule has 2 heterocycles. The number of thiophene rings is 1. The number of hydrogen-bond acceptors (Lipinski definition) is 3. The van der Waals surface area contributed by atoms with Crippen LogP contribution in [0.1, 0.15) is 42.9 Å². The van der Waals surface area contributed by atoms with Crippen molar-refractivity contribution in [2.45, 2.75) is 52.6 Å². The molecule has 2 N–H and O–H groups in total. The number of guanidine groups is 1. The van der Waals surface area contributed by atoms with Gasteiger partial charge in [0.05, 0.1) is 6.54 Å². The van der Waals surface area contributed by atoms with E-state index < -0.39 is 0 Å². The Hall–Kier alpha value is -1.07. The van der Waals surface area contributed by atoms with Gasteiger partial charge in [0.25, 0.3) is 0 Å². The maximum absolute atomic E-state index is 4.69. The molecule has 0 aromatic carbocycles. The van der Waals surface area contributed by atoms with Crippen molar-refractivity contribution < 1.29 is 0 Å². The van der Waals surface area contributed by atoms with E-state index in [-0.39, 0.29) is 0 Å². The van der Waals surface area contributed by atoms with E-state index in [1.54, 1.807) is 0 Å². The Balaban J connectivity index is 1.78. The summed E-state index contributed by atoms with van der Waals surface area (Å²) in [6.07, 6.45) is 4.07. The third kappa shape index (κ3) is 5.61. The van der Waals surface area contributed by atoms with Gasteiger partial charge in [-0.05, 0) is 52.3 Å². The van der Waals surface area contributed by atoms with Gasteiger partial charge < -0.3 is 10.6 Å². The van der Waals surface area contributed by atoms with Crippen molar-refractivity contribution in [2.75, 3.05) is 26.2 Å². The van der Waals surface area contributed by atoms with Gasteiger partial charge in [0.15, 0.2) is 5.96 Å². The number of aliphatic imine (C=N–C) groups is 1. The van der Waals surface area contributed by atoms with E-state index in [9.17, 15) is 0 Å². The van der Waals surface area contributed by atoms with E-state index in [4.69, 9.17) is 0 Å². The molecule has 4 nitrogen and oxygen atoms in total. The highest BCUT2D eigenvalue weighted by Gasteiger charge is 2.17. The van der Waals surface area contributed by atoms with E-state index in [2.05, 4.69) is 53.4 Å². The average Bonchev–Trinajstić information content (AvgIpc) is 2.92. The Kier molecular flexibility index (Phi) is 7.19. The van der Waals surface area contributed by atoms with Gasteiger partial charge in [-0.25, -0.2) is 4.99 Å². The van der Waals surface area contributed by atoms with Crippen molar-refractivity contribution in [1.82, 2.24) is 15.5 Å². The van der Waals surface area contributed by atoms with Crippen LogP contribution >= 0.6 is 11.3 Å². The van der Waals surface area contributed by atoms with Crippen molar-refractivity contribution in [3.63, 3.8) is 0 Å². The van der Waals surface area contributed by atoms with E-state index in [1.807, 2.05) is 11.3 Å². The summed E-state index contributed by atoms with van der Waals surface area (Å²) in [5, 5.41) is 6.80. The molecule has 5 heteroatoms. The minimum Gasteiger partial charge on any atom is -0.357 e. The summed E-state index contributed by atoms with van der Waals surface area (Å²) in [6, 6.07) is 5.06. The molecule has 0 bridgehead atoms. The van der Waals surface area contributed by atoms with E-state index in [0.29, 0.717) is 0 Å². The van der Waals surface area contributed by atoms with E-state index in [0.717, 1.165) is 38.2 Å². The second kappa shape index (κ2) is 9.16. The zero-order valence-electron chi connectivity index (χ0n) is 14.2. The van der Waals surface area contributed by atoms with Crippen LogP contribution < -0.4 is 10.6 Å². The summed E-state index contributed by atoms with van der Waals surface area (Å²) >= 11 is 1.82. The molecule has 0 amide bonds. The Morgan fingerprint density at radius 3 is 2.91 bits per heavy atom. The molecule has 1 unspecified atom stereocenters. The number of piperidine rings is 1. The van der Waals surface area contributed by atoms with Crippen molar-refractivity contribution in [2.24, 2.45) is 4.99 Å². The topological polar surface area (TPSA) is 39.7 Å². The van der Waals surface area contributed by atoms with Gasteiger partial charge >= 0.3 is 0 Å². The minimum atomic E-state index is 0.726. The molecule has 1 aromatic rings. The molecule has 1 atom stereocenters. The van der Waals surface area contributed by atoms with Crippen LogP contribution in [0.15, 0.2) is 17.1 Å². The van der Waals surface area contributed by atoms with Gasteiger partial charge in [-0.15, -0.1) is 11.3 Å². The Bertz CT molecular complexity index is 469. The number of likely N-dealkylation sites (tertiary alicyclic amines) is 1. The molecule has 1 aliphatic rings. The maximum atomic E-state index is 4.69. The fourth-order valence-corrected chi connectivity index (χ4v) is 3.69. The number of nitrogens with one attached hydrogen (secondary N) is 2. The van der Waals surface area contributed by atoms with Gasteiger partial charge in [-0.3, -0.25) is 4.90 Å². The normalized spacial score (nSPS) is 20.1. The lowest BCUT2D eigenvalue weighted by Crippen LogP contribution is -2.45. The van der Waals surface area contributed by atoms with Gasteiger partial charge in [-0.2, -0.15) is 0 Å². The lowest BCUT2D eigenvalue weighted by Gasteiger charge is -2.33. The predicted molar refractivity (Wildman–Crippen MR) is 96.8 cm³/mol. The molecule has 1 aliphatic heterocycles. The van der Waals surface area contributed by atoms with Crippen LogP contribution in [-0.2, 0) is 6.54 Å². The summed E-state index contributed by atoms with van der Waals surface area (Å²) in [5.74, 6) is 0.929. The summed E-state index contributed by atoms with van der Waals surface area (Å²) < 4.78 is 0. The van der Waals surface area contributed by atoms with E-state index >= 15 is 0 Å². The molecular formula is C17H30N4S. The summed E-state index contributed by atoms with van der Waals surface area (Å²) in [4.78, 5) is 9.94. The molecule has 1 aromatic heterocycles. The molecule has 22 heavy (non-hydrogen) atoms. The first kappa shape index (κ1) is 17.3. The van der Waals surface area contributed by atoms with Crippen LogP contribution in [0.2, 0.25) is 0 Å². The van der Waals surface area contributed by atoms with E-state index in [1.165, 1.54) is 35.6 Å². The Morgan fingerprint density at radius 1 is 1.36 bits per heavy atom. The van der Waals surface area contributed by atoms with Gasteiger partial charge in [0.2, 0.25) is 0 Å². The number of nitrogens with zero attached hydrogens (tertiary/aromatic N) is 2. The lowest BCUT2D eigenvalue weighted by molar-refractivity contribution is 0.163. The molecule has 1 saturated heterocycles. The van der Waals surface area contributed by atoms with Gasteiger partial charge in [0.1, 0.15) is 0 Å². The Morgan fingerprint density at radius 2 is 2.23 bits per heavy atom. The summed E-state index contributed by atoms with van der Waals surface area (Å²) in [5.41, 5.74) is 0. The number of rotatable bonds is 6. The highest BCUT2D eigenvalue weighted by molar-refractivity contribution is 7.11. The second-order valence-corrected chi connectivity index (χ2v) is 7.39. The lowest BCUT2D eigenvalue weighted by atomic mass is 10.0. The van der Waals surface area contributed by atoms with Crippen LogP contribution in [0.5, 0.6) is 0 Å². The van der Waals surface area contributed by atoms with Crippen LogP contribution in [0.25, 0.3) is 0 Å². The number of aryl methyl sites for hydroxylation is 1. The first-order chi connectivity index (χ1) is 10.7. The predicted octanol–water partition coefficient (Wildman–Crippen LogP) is 2.99. The fourth-order valence-electron chi connectivity index (χ4n) is 2.88. The molecule has 1 fully saturated rings. The van der Waals surface area contributed by atoms with Crippen LogP contribution in [0, 0.1) is 6.92 Å². The average molecular weight is 323 g/mol. The molecule has 0 spiro atoms. The highest BCUT2D eigenvalue weighted by atomic mass is 32.1. The third-order valence-electron chi connectivity index (χ3n) is 4.17. The molecular weight excluding hydrogens is 292 g/mol. The molecule has 0 radical (unpaired) electrons. The zero-order chi connectivity index (χ0) is 15.8. The SMILES string of the molecule is CCNC(=NCc1ccc(C)s1)NCCN1CCCCC1C. The smallest absolute Gasteiger partial charge is 0.191 e. The van der Waals surface area contributed by atoms with Crippen molar-refractivity contribution in [3.8, 4) is 0 Å². The maximum Gasteiger partial charge on any atom is 0.191 e. The molecule has 124 valence electrons. The number of hydrogen-bond donors (Lipinski definition) is 2. The highest BCUT2D eigenvalue weighted by Crippen LogP contribution is 2.16. The van der Waals surface area contributed by atoms with Crippen LogP contribution in [-0.4, -0.2) is 43.1 Å². The Labute approximate surface area is 139 Å². The quantitative estimate of drug-likeness (QED) is 0.625. The van der Waals surface area contributed by atoms with Crippen molar-refractivity contribution in [3.05, 3.63) is 21.9 Å². The molecule has 0 saturated carbocycles. The largest absolute Gasteiger partial charge is 0.357 e. The first-order valence-corrected chi connectivity index (χ1v) is 9.32. The molecule has 2 rings (SSSR count). The van der Waals surface area contributed by atoms with Gasteiger partial charge in [-0.1, -0.05) is 6.42 Å². The first-order valence-electron chi connectivity index (χ1n) is 8.50. The second-order valence-electron chi connectivity index (χ2n) is 6.02. The third-order valence-corrected chi connectivity index (χ3v) is 5.15. The monoisotopic (exact) mass is 322 g/mol. The van der Waals surface area contributed by atoms with Crippen molar-refractivity contribution in [1.29, 1.82) is 0 Å². The van der Waals surface area contributed by atoms with Crippen LogP contribution in [0.3, 0.4) is 0 Å². The minimum absolute atomic E-state index is 0.726. The standard InChI is InChI=1S/C17H30N4S/c1-4-18-17(20-13-16-9-8-15(3)22-16)19-10-12-21-11-6-5-7-14(21)2/h8-9,14H,4-7,10-13H2,1-3H3,(H2,18,19,20). The summed E-state index contributed by atoms with van der Waals surface area (Å²) in [6.45, 7) is 11.6. The summed E-state index contributed by atoms with van der Waals surface area (Å²) in [7, 11) is 0.